The summed E-state index contributed by atoms with van der Waals surface area (Å²) in [6.45, 7) is 11.0. The third-order valence-electron chi connectivity index (χ3n) is 2.33. The first-order valence-corrected chi connectivity index (χ1v) is 6.40. The van der Waals surface area contributed by atoms with Gasteiger partial charge in [-0.15, -0.1) is 0 Å². The summed E-state index contributed by atoms with van der Waals surface area (Å²) in [5.74, 6) is 2.44. The number of nitrogens with zero attached hydrogens (tertiary/aromatic N) is 2. The number of nitrogens with two attached hydrogens (primary N) is 1. The van der Waals surface area contributed by atoms with E-state index in [4.69, 9.17) is 5.73 Å². The fourth-order valence-corrected chi connectivity index (χ4v) is 1.66. The lowest BCUT2D eigenvalue weighted by Gasteiger charge is -2.22. The largest absolute Gasteiger partial charge is 0.367 e. The van der Waals surface area contributed by atoms with Crippen LogP contribution in [0.1, 0.15) is 39.9 Å². The van der Waals surface area contributed by atoms with Gasteiger partial charge in [0.2, 0.25) is 0 Å². The molecule has 0 amide bonds. The van der Waals surface area contributed by atoms with Crippen LogP contribution in [0.4, 0.5) is 11.6 Å². The topological polar surface area (TPSA) is 75.9 Å². The standard InChI is InChI=1S/C13H25N5/c1-9(6-7-14)15-11-8-12(17-10(2)16-11)18-13(3,4)5/h8-9H,6-7,14H2,1-5H3,(H2,15,16,17,18). The minimum Gasteiger partial charge on any atom is -0.367 e. The highest BCUT2D eigenvalue weighted by Crippen LogP contribution is 2.16. The molecule has 18 heavy (non-hydrogen) atoms. The van der Waals surface area contributed by atoms with Crippen molar-refractivity contribution in [2.45, 2.75) is 52.6 Å². The fraction of sp³-hybridized carbons (Fsp3) is 0.692. The molecule has 0 radical (unpaired) electrons. The minimum absolute atomic E-state index is 0.0130. The van der Waals surface area contributed by atoms with Crippen molar-refractivity contribution in [3.63, 3.8) is 0 Å². The molecule has 0 saturated carbocycles. The molecule has 4 N–H and O–H groups in total. The van der Waals surface area contributed by atoms with Crippen LogP contribution in [0.25, 0.3) is 0 Å². The van der Waals surface area contributed by atoms with Gasteiger partial charge in [-0.05, 0) is 47.6 Å². The molecular weight excluding hydrogens is 226 g/mol. The lowest BCUT2D eigenvalue weighted by Crippen LogP contribution is -2.27. The summed E-state index contributed by atoms with van der Waals surface area (Å²) in [7, 11) is 0. The smallest absolute Gasteiger partial charge is 0.132 e. The highest BCUT2D eigenvalue weighted by Gasteiger charge is 2.12. The molecule has 1 aromatic heterocycles. The van der Waals surface area contributed by atoms with E-state index in [0.29, 0.717) is 12.6 Å². The van der Waals surface area contributed by atoms with Crippen LogP contribution in [0.15, 0.2) is 6.07 Å². The van der Waals surface area contributed by atoms with E-state index in [0.717, 1.165) is 23.9 Å². The van der Waals surface area contributed by atoms with Gasteiger partial charge in [0.25, 0.3) is 0 Å². The minimum atomic E-state index is -0.0130. The van der Waals surface area contributed by atoms with Gasteiger partial charge in [-0.1, -0.05) is 0 Å². The predicted molar refractivity (Wildman–Crippen MR) is 76.9 cm³/mol. The molecule has 0 saturated heterocycles. The van der Waals surface area contributed by atoms with Crippen molar-refractivity contribution in [3.05, 3.63) is 11.9 Å². The number of rotatable bonds is 5. The normalized spacial score (nSPS) is 13.2. The van der Waals surface area contributed by atoms with Crippen LogP contribution in [-0.4, -0.2) is 28.1 Å². The number of aryl methyl sites for hydroxylation is 1. The van der Waals surface area contributed by atoms with Crippen molar-refractivity contribution in [3.8, 4) is 0 Å². The van der Waals surface area contributed by atoms with Gasteiger partial charge in [0, 0.05) is 17.6 Å². The summed E-state index contributed by atoms with van der Waals surface area (Å²) >= 11 is 0. The van der Waals surface area contributed by atoms with Gasteiger partial charge in [0.15, 0.2) is 0 Å². The number of anilines is 2. The first-order chi connectivity index (χ1) is 8.30. The molecule has 0 spiro atoms. The Labute approximate surface area is 110 Å². The first kappa shape index (κ1) is 14.7. The molecule has 1 aromatic rings. The number of hydrogen-bond acceptors (Lipinski definition) is 5. The van der Waals surface area contributed by atoms with Crippen molar-refractivity contribution < 1.29 is 0 Å². The monoisotopic (exact) mass is 251 g/mol. The first-order valence-electron chi connectivity index (χ1n) is 6.40. The van der Waals surface area contributed by atoms with Crippen LogP contribution < -0.4 is 16.4 Å². The molecule has 5 nitrogen and oxygen atoms in total. The Bertz CT molecular complexity index is 383. The van der Waals surface area contributed by atoms with Crippen LogP contribution in [0, 0.1) is 6.92 Å². The summed E-state index contributed by atoms with van der Waals surface area (Å²) in [4.78, 5) is 8.77. The molecule has 102 valence electrons. The Morgan fingerprint density at radius 3 is 2.44 bits per heavy atom. The lowest BCUT2D eigenvalue weighted by atomic mass is 10.1. The molecule has 0 aliphatic rings. The van der Waals surface area contributed by atoms with Crippen LogP contribution in [0.5, 0.6) is 0 Å². The van der Waals surface area contributed by atoms with Crippen LogP contribution in [0.3, 0.4) is 0 Å². The van der Waals surface area contributed by atoms with E-state index in [-0.39, 0.29) is 5.54 Å². The molecule has 1 unspecified atom stereocenters. The van der Waals surface area contributed by atoms with Crippen LogP contribution in [0.2, 0.25) is 0 Å². The van der Waals surface area contributed by atoms with E-state index in [2.05, 4.69) is 48.3 Å². The number of nitrogens with one attached hydrogen (secondary N) is 2. The summed E-state index contributed by atoms with van der Waals surface area (Å²) < 4.78 is 0. The third kappa shape index (κ3) is 5.31. The summed E-state index contributed by atoms with van der Waals surface area (Å²) in [6, 6.07) is 2.25. The van der Waals surface area contributed by atoms with Crippen LogP contribution >= 0.6 is 0 Å². The summed E-state index contributed by atoms with van der Waals surface area (Å²) in [5, 5.41) is 6.69. The third-order valence-corrected chi connectivity index (χ3v) is 2.33. The Kier molecular flexibility index (Phi) is 4.90. The predicted octanol–water partition coefficient (Wildman–Crippen LogP) is 2.14. The molecule has 1 rings (SSSR count). The van der Waals surface area contributed by atoms with Gasteiger partial charge in [0.1, 0.15) is 17.5 Å². The molecule has 0 aliphatic carbocycles. The second kappa shape index (κ2) is 6.00. The second-order valence-electron chi connectivity index (χ2n) is 5.68. The Morgan fingerprint density at radius 2 is 1.89 bits per heavy atom. The summed E-state index contributed by atoms with van der Waals surface area (Å²) in [5.41, 5.74) is 5.53. The second-order valence-corrected chi connectivity index (χ2v) is 5.68. The molecule has 1 heterocycles. The Balaban J connectivity index is 2.80. The number of aromatic nitrogens is 2. The fourth-order valence-electron chi connectivity index (χ4n) is 1.66. The van der Waals surface area contributed by atoms with Gasteiger partial charge in [-0.3, -0.25) is 0 Å². The van der Waals surface area contributed by atoms with E-state index >= 15 is 0 Å². The van der Waals surface area contributed by atoms with Gasteiger partial charge in [-0.25, -0.2) is 9.97 Å². The zero-order valence-electron chi connectivity index (χ0n) is 12.0. The molecule has 1 atom stereocenters. The maximum atomic E-state index is 5.54. The highest BCUT2D eigenvalue weighted by atomic mass is 15.1. The molecule has 5 heteroatoms. The van der Waals surface area contributed by atoms with Gasteiger partial charge >= 0.3 is 0 Å². The van der Waals surface area contributed by atoms with Crippen molar-refractivity contribution in [2.24, 2.45) is 5.73 Å². The van der Waals surface area contributed by atoms with Gasteiger partial charge in [0.05, 0.1) is 0 Å². The average Bonchev–Trinajstić information content (AvgIpc) is 2.13. The van der Waals surface area contributed by atoms with E-state index in [9.17, 15) is 0 Å². The Morgan fingerprint density at radius 1 is 1.28 bits per heavy atom. The Hall–Kier alpha value is -1.36. The van der Waals surface area contributed by atoms with Gasteiger partial charge < -0.3 is 16.4 Å². The van der Waals surface area contributed by atoms with Crippen molar-refractivity contribution >= 4 is 11.6 Å². The lowest BCUT2D eigenvalue weighted by molar-refractivity contribution is 0.629. The van der Waals surface area contributed by atoms with Crippen LogP contribution in [-0.2, 0) is 0 Å². The quantitative estimate of drug-likeness (QED) is 0.747. The zero-order valence-corrected chi connectivity index (χ0v) is 12.0. The molecular formula is C13H25N5. The van der Waals surface area contributed by atoms with E-state index < -0.39 is 0 Å². The molecule has 0 fully saturated rings. The van der Waals surface area contributed by atoms with Crippen molar-refractivity contribution in [1.82, 2.24) is 9.97 Å². The van der Waals surface area contributed by atoms with Crippen molar-refractivity contribution in [2.75, 3.05) is 17.2 Å². The highest BCUT2D eigenvalue weighted by molar-refractivity contribution is 5.49. The summed E-state index contributed by atoms with van der Waals surface area (Å²) in [6.07, 6.45) is 0.922. The molecule has 0 bridgehead atoms. The number of hydrogen-bond donors (Lipinski definition) is 3. The maximum Gasteiger partial charge on any atom is 0.132 e. The van der Waals surface area contributed by atoms with E-state index in [1.807, 2.05) is 13.0 Å². The molecule has 0 aromatic carbocycles. The van der Waals surface area contributed by atoms with Gasteiger partial charge in [-0.2, -0.15) is 0 Å². The average molecular weight is 251 g/mol. The molecule has 0 aliphatic heterocycles. The van der Waals surface area contributed by atoms with Crippen molar-refractivity contribution in [1.29, 1.82) is 0 Å². The zero-order chi connectivity index (χ0) is 13.8. The SMILES string of the molecule is Cc1nc(NC(C)CCN)cc(NC(C)(C)C)n1. The maximum absolute atomic E-state index is 5.54. The van der Waals surface area contributed by atoms with E-state index in [1.165, 1.54) is 0 Å². The van der Waals surface area contributed by atoms with E-state index in [1.54, 1.807) is 0 Å².